The van der Waals surface area contributed by atoms with E-state index in [1.54, 1.807) is 48.5 Å². The number of hydrogen-bond acceptors (Lipinski definition) is 3. The molecular weight excluding hydrogens is 421 g/mol. The Labute approximate surface area is 172 Å². The highest BCUT2D eigenvalue weighted by molar-refractivity contribution is 7.92. The van der Waals surface area contributed by atoms with Crippen molar-refractivity contribution >= 4 is 56.3 Å². The van der Waals surface area contributed by atoms with Crippen LogP contribution in [-0.2, 0) is 10.0 Å². The molecule has 0 aliphatic rings. The number of rotatable bonds is 5. The van der Waals surface area contributed by atoms with E-state index < -0.39 is 16.1 Å². The minimum absolute atomic E-state index is 0.0586. The Morgan fingerprint density at radius 3 is 1.96 bits per heavy atom. The molecule has 0 bridgehead atoms. The smallest absolute Gasteiger partial charge is 0.308 e. The molecule has 3 rings (SSSR count). The first-order valence-corrected chi connectivity index (χ1v) is 10.3. The molecule has 0 atom stereocenters. The second kappa shape index (κ2) is 8.52. The molecule has 0 fully saturated rings. The summed E-state index contributed by atoms with van der Waals surface area (Å²) in [6.45, 7) is 0. The summed E-state index contributed by atoms with van der Waals surface area (Å²) < 4.78 is 27.3. The average Bonchev–Trinajstić information content (AvgIpc) is 2.64. The molecule has 6 nitrogen and oxygen atoms in total. The molecule has 144 valence electrons. The van der Waals surface area contributed by atoms with E-state index in [0.29, 0.717) is 27.1 Å². The van der Waals surface area contributed by atoms with Crippen molar-refractivity contribution in [1.82, 2.24) is 0 Å². The number of halogens is 2. The summed E-state index contributed by atoms with van der Waals surface area (Å²) in [5.41, 5.74) is 1.37. The molecule has 3 aromatic rings. The summed E-state index contributed by atoms with van der Waals surface area (Å²) in [5.74, 6) is 0. The largest absolute Gasteiger partial charge is 0.323 e. The Bertz CT molecular complexity index is 1090. The minimum Gasteiger partial charge on any atom is -0.308 e. The van der Waals surface area contributed by atoms with E-state index in [-0.39, 0.29) is 4.90 Å². The van der Waals surface area contributed by atoms with Crippen LogP contribution in [0, 0.1) is 0 Å². The number of urea groups is 1. The summed E-state index contributed by atoms with van der Waals surface area (Å²) in [6.07, 6.45) is 0. The zero-order valence-corrected chi connectivity index (χ0v) is 16.6. The first-order valence-electron chi connectivity index (χ1n) is 8.04. The maximum Gasteiger partial charge on any atom is 0.323 e. The van der Waals surface area contributed by atoms with Crippen LogP contribution < -0.4 is 15.4 Å². The fourth-order valence-corrected chi connectivity index (χ4v) is 3.68. The van der Waals surface area contributed by atoms with Crippen molar-refractivity contribution in [1.29, 1.82) is 0 Å². The fraction of sp³-hybridized carbons (Fsp3) is 0. The van der Waals surface area contributed by atoms with Gasteiger partial charge in [-0.15, -0.1) is 0 Å². The van der Waals surface area contributed by atoms with E-state index in [1.807, 2.05) is 0 Å². The molecule has 0 unspecified atom stereocenters. The molecule has 0 radical (unpaired) electrons. The van der Waals surface area contributed by atoms with Gasteiger partial charge in [-0.1, -0.05) is 29.3 Å². The van der Waals surface area contributed by atoms with Gasteiger partial charge in [-0.3, -0.25) is 4.72 Å². The first kappa shape index (κ1) is 20.0. The van der Waals surface area contributed by atoms with Gasteiger partial charge in [0.05, 0.1) is 4.90 Å². The number of amides is 2. The Morgan fingerprint density at radius 2 is 1.32 bits per heavy atom. The molecule has 9 heteroatoms. The van der Waals surface area contributed by atoms with Crippen molar-refractivity contribution in [3.8, 4) is 0 Å². The van der Waals surface area contributed by atoms with Crippen molar-refractivity contribution in [2.75, 3.05) is 15.4 Å². The normalized spacial score (nSPS) is 10.9. The van der Waals surface area contributed by atoms with Crippen molar-refractivity contribution < 1.29 is 13.2 Å². The monoisotopic (exact) mass is 435 g/mol. The van der Waals surface area contributed by atoms with Gasteiger partial charge in [0.2, 0.25) is 0 Å². The molecule has 0 saturated heterocycles. The van der Waals surface area contributed by atoms with Crippen LogP contribution in [0.3, 0.4) is 0 Å². The summed E-state index contributed by atoms with van der Waals surface area (Å²) in [7, 11) is -3.76. The zero-order valence-electron chi connectivity index (χ0n) is 14.3. The molecule has 3 N–H and O–H groups in total. The Balaban J connectivity index is 1.65. The SMILES string of the molecule is O=C(Nc1ccc(S(=O)(=O)Nc2ccc(Cl)cc2)cc1)Nc1cccc(Cl)c1. The standard InChI is InChI=1S/C19H15Cl2N3O3S/c20-13-4-6-16(7-5-13)24-28(26,27)18-10-8-15(9-11-18)22-19(25)23-17-3-1-2-14(21)12-17/h1-12,24H,(H2,22,23,25). The van der Waals surface area contributed by atoms with Crippen molar-refractivity contribution in [2.24, 2.45) is 0 Å². The third-order valence-electron chi connectivity index (χ3n) is 3.60. The fourth-order valence-electron chi connectivity index (χ4n) is 2.31. The molecule has 3 aromatic carbocycles. The van der Waals surface area contributed by atoms with Gasteiger partial charge in [0.1, 0.15) is 0 Å². The lowest BCUT2D eigenvalue weighted by atomic mass is 10.3. The van der Waals surface area contributed by atoms with Gasteiger partial charge >= 0.3 is 6.03 Å². The van der Waals surface area contributed by atoms with E-state index in [4.69, 9.17) is 23.2 Å². The maximum atomic E-state index is 12.4. The molecule has 28 heavy (non-hydrogen) atoms. The minimum atomic E-state index is -3.76. The lowest BCUT2D eigenvalue weighted by molar-refractivity contribution is 0.262. The van der Waals surface area contributed by atoms with Gasteiger partial charge < -0.3 is 10.6 Å². The third-order valence-corrected chi connectivity index (χ3v) is 5.49. The van der Waals surface area contributed by atoms with E-state index in [1.165, 1.54) is 24.3 Å². The second-order valence-electron chi connectivity index (χ2n) is 5.73. The van der Waals surface area contributed by atoms with Crippen molar-refractivity contribution in [3.05, 3.63) is 82.8 Å². The lowest BCUT2D eigenvalue weighted by Gasteiger charge is -2.10. The predicted molar refractivity (Wildman–Crippen MR) is 113 cm³/mol. The summed E-state index contributed by atoms with van der Waals surface area (Å²) in [4.78, 5) is 12.1. The van der Waals surface area contributed by atoms with Crippen LogP contribution in [0.15, 0.2) is 77.7 Å². The number of hydrogen-bond donors (Lipinski definition) is 3. The number of carbonyl (C=O) groups is 1. The van der Waals surface area contributed by atoms with Crippen molar-refractivity contribution in [3.63, 3.8) is 0 Å². The molecule has 0 aliphatic heterocycles. The zero-order chi connectivity index (χ0) is 20.1. The van der Waals surface area contributed by atoms with Crippen LogP contribution in [0.2, 0.25) is 10.0 Å². The van der Waals surface area contributed by atoms with E-state index in [9.17, 15) is 13.2 Å². The number of sulfonamides is 1. The van der Waals surface area contributed by atoms with E-state index in [2.05, 4.69) is 15.4 Å². The van der Waals surface area contributed by atoms with Crippen LogP contribution in [0.25, 0.3) is 0 Å². The number of benzene rings is 3. The highest BCUT2D eigenvalue weighted by Crippen LogP contribution is 2.20. The van der Waals surface area contributed by atoms with Gasteiger partial charge in [0.15, 0.2) is 0 Å². The van der Waals surface area contributed by atoms with E-state index in [0.717, 1.165) is 0 Å². The number of anilines is 3. The molecular formula is C19H15Cl2N3O3S. The topological polar surface area (TPSA) is 87.3 Å². The first-order chi connectivity index (χ1) is 13.3. The average molecular weight is 436 g/mol. The van der Waals surface area contributed by atoms with Gasteiger partial charge in [-0.2, -0.15) is 0 Å². The molecule has 0 saturated carbocycles. The Morgan fingerprint density at radius 1 is 0.714 bits per heavy atom. The molecule has 0 aliphatic carbocycles. The number of nitrogens with one attached hydrogen (secondary N) is 3. The predicted octanol–water partition coefficient (Wildman–Crippen LogP) is 5.44. The summed E-state index contributed by atoms with van der Waals surface area (Å²) in [6, 6.07) is 18.3. The Kier molecular flexibility index (Phi) is 6.08. The second-order valence-corrected chi connectivity index (χ2v) is 8.28. The van der Waals surface area contributed by atoms with Crippen LogP contribution in [0.1, 0.15) is 0 Å². The molecule has 0 heterocycles. The van der Waals surface area contributed by atoms with Crippen LogP contribution >= 0.6 is 23.2 Å². The quantitative estimate of drug-likeness (QED) is 0.498. The van der Waals surface area contributed by atoms with Gasteiger partial charge in [0.25, 0.3) is 10.0 Å². The Hall–Kier alpha value is -2.74. The number of carbonyl (C=O) groups excluding carboxylic acids is 1. The maximum absolute atomic E-state index is 12.4. The van der Waals surface area contributed by atoms with Gasteiger partial charge in [0, 0.05) is 27.1 Å². The lowest BCUT2D eigenvalue weighted by Crippen LogP contribution is -2.19. The van der Waals surface area contributed by atoms with Crippen molar-refractivity contribution in [2.45, 2.75) is 4.90 Å². The van der Waals surface area contributed by atoms with Crippen LogP contribution in [-0.4, -0.2) is 14.4 Å². The summed E-state index contributed by atoms with van der Waals surface area (Å²) >= 11 is 11.7. The molecule has 0 aromatic heterocycles. The third kappa shape index (κ3) is 5.39. The summed E-state index contributed by atoms with van der Waals surface area (Å²) in [5, 5.41) is 6.27. The molecule has 2 amide bonds. The van der Waals surface area contributed by atoms with E-state index >= 15 is 0 Å². The van der Waals surface area contributed by atoms with Crippen LogP contribution in [0.4, 0.5) is 21.9 Å². The van der Waals surface area contributed by atoms with Crippen LogP contribution in [0.5, 0.6) is 0 Å². The molecule has 0 spiro atoms. The highest BCUT2D eigenvalue weighted by atomic mass is 35.5. The van der Waals surface area contributed by atoms with Gasteiger partial charge in [-0.25, -0.2) is 13.2 Å². The van der Waals surface area contributed by atoms with Gasteiger partial charge in [-0.05, 0) is 66.7 Å². The highest BCUT2D eigenvalue weighted by Gasteiger charge is 2.14.